The van der Waals surface area contributed by atoms with Crippen LogP contribution in [0, 0.1) is 13.8 Å². The number of hydrogen-bond donors (Lipinski definition) is 2. The Balaban J connectivity index is 2.12. The molecule has 0 amide bonds. The number of hydrogen-bond acceptors (Lipinski definition) is 5. The molecule has 3 aromatic carbocycles. The summed E-state index contributed by atoms with van der Waals surface area (Å²) in [5.41, 5.74) is 2.99. The second kappa shape index (κ2) is 6.27. The molecule has 0 saturated carbocycles. The molecule has 2 N–H and O–H groups in total. The van der Waals surface area contributed by atoms with Gasteiger partial charge in [-0.2, -0.15) is 13.5 Å². The van der Waals surface area contributed by atoms with Crippen molar-refractivity contribution in [3.05, 3.63) is 59.7 Å². The molecule has 3 aromatic rings. The normalized spacial score (nSPS) is 12.1. The van der Waals surface area contributed by atoms with Crippen LogP contribution in [0.5, 0.6) is 5.75 Å². The van der Waals surface area contributed by atoms with E-state index in [0.29, 0.717) is 16.5 Å². The summed E-state index contributed by atoms with van der Waals surface area (Å²) in [4.78, 5) is -0.220. The molecule has 0 spiro atoms. The molecule has 0 atom stereocenters. The number of aryl methyl sites for hydroxylation is 2. The van der Waals surface area contributed by atoms with Gasteiger partial charge in [0.05, 0.1) is 10.6 Å². The van der Waals surface area contributed by atoms with Gasteiger partial charge in [0, 0.05) is 5.39 Å². The van der Waals surface area contributed by atoms with E-state index in [0.717, 1.165) is 11.1 Å². The highest BCUT2D eigenvalue weighted by atomic mass is 32.2. The van der Waals surface area contributed by atoms with Crippen molar-refractivity contribution in [1.29, 1.82) is 0 Å². The Hall–Kier alpha value is -2.77. The van der Waals surface area contributed by atoms with Crippen LogP contribution < -0.4 is 0 Å². The third-order valence-electron chi connectivity index (χ3n) is 3.71. The predicted octanol–water partition coefficient (Wildman–Crippen LogP) is 4.82. The first kappa shape index (κ1) is 17.1. The van der Waals surface area contributed by atoms with Crippen molar-refractivity contribution in [2.45, 2.75) is 18.7 Å². The number of phenols is 1. The number of azo groups is 1. The molecule has 0 aliphatic carbocycles. The fourth-order valence-corrected chi connectivity index (χ4v) is 3.18. The zero-order valence-electron chi connectivity index (χ0n) is 13.6. The molecule has 0 unspecified atom stereocenters. The Morgan fingerprint density at radius 3 is 2.20 bits per heavy atom. The molecule has 0 saturated heterocycles. The first-order chi connectivity index (χ1) is 11.7. The first-order valence-electron chi connectivity index (χ1n) is 7.47. The molecule has 0 aliphatic heterocycles. The molecular formula is C18H16N2O4S. The molecule has 3 rings (SSSR count). The lowest BCUT2D eigenvalue weighted by Crippen LogP contribution is -1.97. The van der Waals surface area contributed by atoms with E-state index in [-0.39, 0.29) is 16.3 Å². The van der Waals surface area contributed by atoms with Crippen LogP contribution in [-0.4, -0.2) is 18.1 Å². The van der Waals surface area contributed by atoms with Crippen LogP contribution >= 0.6 is 0 Å². The number of benzene rings is 3. The van der Waals surface area contributed by atoms with Crippen molar-refractivity contribution in [3.63, 3.8) is 0 Å². The average Bonchev–Trinajstić information content (AvgIpc) is 2.51. The van der Waals surface area contributed by atoms with Crippen LogP contribution in [0.1, 0.15) is 11.1 Å². The minimum absolute atomic E-state index is 0.0692. The van der Waals surface area contributed by atoms with Crippen molar-refractivity contribution in [2.24, 2.45) is 10.2 Å². The molecule has 25 heavy (non-hydrogen) atoms. The van der Waals surface area contributed by atoms with Gasteiger partial charge in [-0.05, 0) is 60.7 Å². The van der Waals surface area contributed by atoms with Crippen LogP contribution in [-0.2, 0) is 10.1 Å². The highest BCUT2D eigenvalue weighted by Crippen LogP contribution is 2.37. The summed E-state index contributed by atoms with van der Waals surface area (Å²) in [6.07, 6.45) is 0. The quantitative estimate of drug-likeness (QED) is 0.519. The molecular weight excluding hydrogens is 340 g/mol. The molecule has 7 heteroatoms. The second-order valence-electron chi connectivity index (χ2n) is 5.84. The van der Waals surface area contributed by atoms with Gasteiger partial charge in [-0.25, -0.2) is 0 Å². The summed E-state index contributed by atoms with van der Waals surface area (Å²) in [6.45, 7) is 3.91. The summed E-state index contributed by atoms with van der Waals surface area (Å²) in [7, 11) is -4.30. The van der Waals surface area contributed by atoms with Crippen molar-refractivity contribution in [3.8, 4) is 5.75 Å². The Morgan fingerprint density at radius 2 is 1.56 bits per heavy atom. The number of fused-ring (bicyclic) bond motifs is 1. The smallest absolute Gasteiger partial charge is 0.294 e. The standard InChI is InChI=1S/C18H16N2O4S/c1-11-7-12(2)9-14(8-11)19-20-18-16-5-4-15(25(22,23)24)10-13(16)3-6-17(18)21/h3-10,21H,1-2H3,(H,22,23,24). The van der Waals surface area contributed by atoms with E-state index < -0.39 is 10.1 Å². The number of nitrogens with zero attached hydrogens (tertiary/aromatic N) is 2. The summed E-state index contributed by atoms with van der Waals surface area (Å²) < 4.78 is 31.7. The maximum atomic E-state index is 11.3. The van der Waals surface area contributed by atoms with Gasteiger partial charge >= 0.3 is 0 Å². The molecule has 0 aromatic heterocycles. The van der Waals surface area contributed by atoms with E-state index >= 15 is 0 Å². The van der Waals surface area contributed by atoms with Crippen LogP contribution in [0.25, 0.3) is 10.8 Å². The van der Waals surface area contributed by atoms with E-state index in [2.05, 4.69) is 10.2 Å². The van der Waals surface area contributed by atoms with Crippen molar-refractivity contribution < 1.29 is 18.1 Å². The lowest BCUT2D eigenvalue weighted by Gasteiger charge is -2.06. The fourth-order valence-electron chi connectivity index (χ4n) is 2.66. The highest BCUT2D eigenvalue weighted by molar-refractivity contribution is 7.85. The molecule has 0 aliphatic rings. The number of rotatable bonds is 3. The van der Waals surface area contributed by atoms with Gasteiger partial charge in [-0.1, -0.05) is 18.2 Å². The Morgan fingerprint density at radius 1 is 0.880 bits per heavy atom. The Kier molecular flexibility index (Phi) is 4.28. The maximum Gasteiger partial charge on any atom is 0.294 e. The van der Waals surface area contributed by atoms with Gasteiger partial charge in [0.25, 0.3) is 10.1 Å². The maximum absolute atomic E-state index is 11.3. The minimum atomic E-state index is -4.30. The Bertz CT molecular complexity index is 1090. The van der Waals surface area contributed by atoms with Crippen LogP contribution in [0.2, 0.25) is 0 Å². The minimum Gasteiger partial charge on any atom is -0.506 e. The lowest BCUT2D eigenvalue weighted by molar-refractivity contribution is 0.477. The molecule has 128 valence electrons. The molecule has 0 bridgehead atoms. The Labute approximate surface area is 145 Å². The topological polar surface area (TPSA) is 99.3 Å². The van der Waals surface area contributed by atoms with E-state index in [9.17, 15) is 13.5 Å². The van der Waals surface area contributed by atoms with Crippen molar-refractivity contribution in [1.82, 2.24) is 0 Å². The zero-order chi connectivity index (χ0) is 18.2. The first-order valence-corrected chi connectivity index (χ1v) is 8.91. The van der Waals surface area contributed by atoms with Gasteiger partial charge in [-0.15, -0.1) is 5.11 Å². The fraction of sp³-hybridized carbons (Fsp3) is 0.111. The molecule has 0 radical (unpaired) electrons. The second-order valence-corrected chi connectivity index (χ2v) is 7.26. The van der Waals surface area contributed by atoms with Crippen molar-refractivity contribution >= 4 is 32.3 Å². The van der Waals surface area contributed by atoms with Crippen molar-refractivity contribution in [2.75, 3.05) is 0 Å². The summed E-state index contributed by atoms with van der Waals surface area (Å²) >= 11 is 0. The third-order valence-corrected chi connectivity index (χ3v) is 4.56. The average molecular weight is 356 g/mol. The molecule has 0 heterocycles. The van der Waals surface area contributed by atoms with Gasteiger partial charge < -0.3 is 5.11 Å². The highest BCUT2D eigenvalue weighted by Gasteiger charge is 2.13. The molecule has 0 fully saturated rings. The summed E-state index contributed by atoms with van der Waals surface area (Å²) in [6, 6.07) is 12.8. The van der Waals surface area contributed by atoms with Gasteiger partial charge in [0.1, 0.15) is 11.4 Å². The van der Waals surface area contributed by atoms with E-state index in [1.165, 1.54) is 24.3 Å². The number of aromatic hydroxyl groups is 1. The van der Waals surface area contributed by atoms with Gasteiger partial charge in [0.15, 0.2) is 0 Å². The largest absolute Gasteiger partial charge is 0.506 e. The monoisotopic (exact) mass is 356 g/mol. The van der Waals surface area contributed by atoms with E-state index in [1.54, 1.807) is 6.07 Å². The van der Waals surface area contributed by atoms with E-state index in [1.807, 2.05) is 32.0 Å². The van der Waals surface area contributed by atoms with Crippen LogP contribution in [0.3, 0.4) is 0 Å². The third kappa shape index (κ3) is 3.67. The summed E-state index contributed by atoms with van der Waals surface area (Å²) in [5.74, 6) is -0.0692. The zero-order valence-corrected chi connectivity index (χ0v) is 14.4. The molecule has 6 nitrogen and oxygen atoms in total. The summed E-state index contributed by atoms with van der Waals surface area (Å²) in [5, 5.41) is 19.5. The number of phenolic OH excluding ortho intramolecular Hbond substituents is 1. The van der Waals surface area contributed by atoms with Crippen LogP contribution in [0.15, 0.2) is 63.7 Å². The SMILES string of the molecule is Cc1cc(C)cc(N=Nc2c(O)ccc3cc(S(=O)(=O)O)ccc23)c1. The van der Waals surface area contributed by atoms with Crippen LogP contribution in [0.4, 0.5) is 11.4 Å². The van der Waals surface area contributed by atoms with Gasteiger partial charge in [0.2, 0.25) is 0 Å². The predicted molar refractivity (Wildman–Crippen MR) is 95.5 cm³/mol. The van der Waals surface area contributed by atoms with E-state index in [4.69, 9.17) is 4.55 Å². The lowest BCUT2D eigenvalue weighted by atomic mass is 10.1. The van der Waals surface area contributed by atoms with Gasteiger partial charge in [-0.3, -0.25) is 4.55 Å².